The summed E-state index contributed by atoms with van der Waals surface area (Å²) in [4.78, 5) is 15.2. The Morgan fingerprint density at radius 1 is 1.10 bits per heavy atom. The number of amides is 2. The number of likely N-dealkylation sites (tertiary alicyclic amines) is 1. The molecule has 2 unspecified atom stereocenters. The zero-order valence-corrected chi connectivity index (χ0v) is 17.2. The van der Waals surface area contributed by atoms with Gasteiger partial charge in [-0.3, -0.25) is 4.90 Å². The number of hydrogen-bond donors (Lipinski definition) is 2. The molecule has 0 spiro atoms. The monoisotopic (exact) mass is 393 g/mol. The Balaban J connectivity index is 1.40. The van der Waals surface area contributed by atoms with E-state index in [0.717, 1.165) is 38.1 Å². The third-order valence-corrected chi connectivity index (χ3v) is 6.21. The lowest BCUT2D eigenvalue weighted by Gasteiger charge is -2.30. The Hall–Kier alpha value is -2.53. The first-order valence-electron chi connectivity index (χ1n) is 10.7. The number of rotatable bonds is 6. The van der Waals surface area contributed by atoms with Crippen molar-refractivity contribution < 1.29 is 9.53 Å². The molecule has 29 heavy (non-hydrogen) atoms. The van der Waals surface area contributed by atoms with E-state index < -0.39 is 0 Å². The van der Waals surface area contributed by atoms with E-state index in [4.69, 9.17) is 4.74 Å². The van der Waals surface area contributed by atoms with E-state index in [-0.39, 0.29) is 18.1 Å². The largest absolute Gasteiger partial charge is 0.497 e. The molecule has 2 amide bonds. The summed E-state index contributed by atoms with van der Waals surface area (Å²) in [6.07, 6.45) is 5.66. The average molecular weight is 394 g/mol. The van der Waals surface area contributed by atoms with Gasteiger partial charge in [-0.05, 0) is 74.0 Å². The molecular weight excluding hydrogens is 362 g/mol. The number of carbonyl (C=O) groups is 1. The summed E-state index contributed by atoms with van der Waals surface area (Å²) in [5, 5.41) is 6.34. The van der Waals surface area contributed by atoms with E-state index in [1.807, 2.05) is 12.1 Å². The maximum Gasteiger partial charge on any atom is 0.315 e. The normalized spacial score (nSPS) is 20.0. The number of nitrogens with one attached hydrogen (secondary N) is 2. The van der Waals surface area contributed by atoms with Crippen LogP contribution in [0.4, 0.5) is 4.79 Å². The summed E-state index contributed by atoms with van der Waals surface area (Å²) >= 11 is 0. The lowest BCUT2D eigenvalue weighted by Crippen LogP contribution is -2.43. The van der Waals surface area contributed by atoms with Crippen LogP contribution in [0, 0.1) is 0 Å². The van der Waals surface area contributed by atoms with Crippen LogP contribution in [-0.4, -0.2) is 37.7 Å². The Bertz CT molecular complexity index is 815. The number of methoxy groups -OCH3 is 1. The van der Waals surface area contributed by atoms with Crippen LogP contribution in [-0.2, 0) is 6.42 Å². The SMILES string of the molecule is COc1ccc(C(CNC(=O)NC2CCCc3ccccc32)N2CCCC2)cc1. The van der Waals surface area contributed by atoms with Crippen LogP contribution in [0.2, 0.25) is 0 Å². The molecular formula is C24H31N3O2. The van der Waals surface area contributed by atoms with Crippen molar-refractivity contribution in [3.05, 3.63) is 65.2 Å². The summed E-state index contributed by atoms with van der Waals surface area (Å²) in [7, 11) is 1.68. The van der Waals surface area contributed by atoms with E-state index in [2.05, 4.69) is 51.9 Å². The zero-order valence-electron chi connectivity index (χ0n) is 17.2. The molecule has 2 atom stereocenters. The molecule has 1 heterocycles. The molecule has 0 aromatic heterocycles. The lowest BCUT2D eigenvalue weighted by atomic mass is 9.88. The topological polar surface area (TPSA) is 53.6 Å². The van der Waals surface area contributed by atoms with Crippen molar-refractivity contribution >= 4 is 6.03 Å². The molecule has 1 aliphatic heterocycles. The first-order valence-corrected chi connectivity index (χ1v) is 10.7. The van der Waals surface area contributed by atoms with Gasteiger partial charge in [-0.1, -0.05) is 36.4 Å². The molecule has 0 saturated carbocycles. The molecule has 0 bridgehead atoms. The van der Waals surface area contributed by atoms with Crippen LogP contribution < -0.4 is 15.4 Å². The first-order chi connectivity index (χ1) is 14.2. The highest BCUT2D eigenvalue weighted by atomic mass is 16.5. The molecule has 1 aliphatic carbocycles. The summed E-state index contributed by atoms with van der Waals surface area (Å²) in [6, 6.07) is 16.9. The van der Waals surface area contributed by atoms with Crippen LogP contribution in [0.3, 0.4) is 0 Å². The van der Waals surface area contributed by atoms with Crippen LogP contribution in [0.25, 0.3) is 0 Å². The zero-order chi connectivity index (χ0) is 20.1. The van der Waals surface area contributed by atoms with Gasteiger partial charge in [-0.25, -0.2) is 4.79 Å². The second kappa shape index (κ2) is 9.31. The molecule has 5 heteroatoms. The van der Waals surface area contributed by atoms with E-state index in [1.165, 1.54) is 29.5 Å². The third-order valence-electron chi connectivity index (χ3n) is 6.21. The number of aryl methyl sites for hydroxylation is 1. The average Bonchev–Trinajstić information content (AvgIpc) is 3.29. The van der Waals surface area contributed by atoms with Crippen LogP contribution in [0.1, 0.15) is 54.5 Å². The molecule has 5 nitrogen and oxygen atoms in total. The number of nitrogens with zero attached hydrogens (tertiary/aromatic N) is 1. The lowest BCUT2D eigenvalue weighted by molar-refractivity contribution is 0.217. The van der Waals surface area contributed by atoms with Crippen molar-refractivity contribution in [3.8, 4) is 5.75 Å². The quantitative estimate of drug-likeness (QED) is 0.773. The standard InChI is InChI=1S/C24H31N3O2/c1-29-20-13-11-19(12-14-20)23(27-15-4-5-16-27)17-25-24(28)26-22-10-6-8-18-7-2-3-9-21(18)22/h2-3,7,9,11-14,22-23H,4-6,8,10,15-17H2,1H3,(H2,25,26,28). The van der Waals surface area contributed by atoms with Gasteiger partial charge in [0.25, 0.3) is 0 Å². The van der Waals surface area contributed by atoms with Crippen molar-refractivity contribution in [2.45, 2.75) is 44.2 Å². The summed E-state index contributed by atoms with van der Waals surface area (Å²) in [6.45, 7) is 2.76. The third kappa shape index (κ3) is 4.73. The Morgan fingerprint density at radius 3 is 2.62 bits per heavy atom. The van der Waals surface area contributed by atoms with Crippen molar-refractivity contribution in [1.29, 1.82) is 0 Å². The van der Waals surface area contributed by atoms with Crippen molar-refractivity contribution in [1.82, 2.24) is 15.5 Å². The minimum atomic E-state index is -0.0792. The van der Waals surface area contributed by atoms with E-state index >= 15 is 0 Å². The number of benzene rings is 2. The van der Waals surface area contributed by atoms with Crippen LogP contribution >= 0.6 is 0 Å². The van der Waals surface area contributed by atoms with Gasteiger partial charge in [-0.2, -0.15) is 0 Å². The Kier molecular flexibility index (Phi) is 6.35. The van der Waals surface area contributed by atoms with Gasteiger partial charge < -0.3 is 15.4 Å². The summed E-state index contributed by atoms with van der Waals surface area (Å²) < 4.78 is 5.29. The minimum absolute atomic E-state index is 0.0792. The van der Waals surface area contributed by atoms with Crippen LogP contribution in [0.15, 0.2) is 48.5 Å². The number of ether oxygens (including phenoxy) is 1. The number of carbonyl (C=O) groups excluding carboxylic acids is 1. The van der Waals surface area contributed by atoms with Crippen molar-refractivity contribution in [2.75, 3.05) is 26.7 Å². The number of fused-ring (bicyclic) bond motifs is 1. The fraction of sp³-hybridized carbons (Fsp3) is 0.458. The van der Waals surface area contributed by atoms with Gasteiger partial charge >= 0.3 is 6.03 Å². The van der Waals surface area contributed by atoms with Gasteiger partial charge in [0.15, 0.2) is 0 Å². The molecule has 1 fully saturated rings. The first kappa shape index (κ1) is 19.8. The highest BCUT2D eigenvalue weighted by Gasteiger charge is 2.25. The van der Waals surface area contributed by atoms with Gasteiger partial charge in [0.2, 0.25) is 0 Å². The predicted octanol–water partition coefficient (Wildman–Crippen LogP) is 4.21. The van der Waals surface area contributed by atoms with E-state index in [0.29, 0.717) is 6.54 Å². The summed E-state index contributed by atoms with van der Waals surface area (Å²) in [5.41, 5.74) is 3.84. The maximum atomic E-state index is 12.7. The summed E-state index contributed by atoms with van der Waals surface area (Å²) in [5.74, 6) is 0.857. The molecule has 4 rings (SSSR count). The molecule has 2 aromatic carbocycles. The fourth-order valence-electron chi connectivity index (χ4n) is 4.64. The van der Waals surface area contributed by atoms with Gasteiger partial charge in [0.1, 0.15) is 5.75 Å². The molecule has 2 aliphatic rings. The van der Waals surface area contributed by atoms with Crippen molar-refractivity contribution in [3.63, 3.8) is 0 Å². The predicted molar refractivity (Wildman–Crippen MR) is 115 cm³/mol. The number of hydrogen-bond acceptors (Lipinski definition) is 3. The van der Waals surface area contributed by atoms with Crippen LogP contribution in [0.5, 0.6) is 5.75 Å². The highest BCUT2D eigenvalue weighted by Crippen LogP contribution is 2.29. The van der Waals surface area contributed by atoms with Gasteiger partial charge in [0.05, 0.1) is 19.2 Å². The van der Waals surface area contributed by atoms with Gasteiger partial charge in [0, 0.05) is 6.54 Å². The fourth-order valence-corrected chi connectivity index (χ4v) is 4.64. The minimum Gasteiger partial charge on any atom is -0.497 e. The Morgan fingerprint density at radius 2 is 1.86 bits per heavy atom. The molecule has 1 saturated heterocycles. The Labute approximate surface area is 173 Å². The smallest absolute Gasteiger partial charge is 0.315 e. The van der Waals surface area contributed by atoms with E-state index in [9.17, 15) is 4.79 Å². The molecule has 0 radical (unpaired) electrons. The molecule has 154 valence electrons. The molecule has 2 N–H and O–H groups in total. The second-order valence-corrected chi connectivity index (χ2v) is 8.03. The number of urea groups is 1. The second-order valence-electron chi connectivity index (χ2n) is 8.03. The van der Waals surface area contributed by atoms with Crippen molar-refractivity contribution in [2.24, 2.45) is 0 Å². The molecule has 2 aromatic rings. The maximum absolute atomic E-state index is 12.7. The highest BCUT2D eigenvalue weighted by molar-refractivity contribution is 5.74. The van der Waals surface area contributed by atoms with E-state index in [1.54, 1.807) is 7.11 Å². The van der Waals surface area contributed by atoms with Gasteiger partial charge in [-0.15, -0.1) is 0 Å².